The highest BCUT2D eigenvalue weighted by molar-refractivity contribution is 5.85. The predicted molar refractivity (Wildman–Crippen MR) is 58.2 cm³/mol. The minimum atomic E-state index is 0. The third kappa shape index (κ3) is 3.60. The van der Waals surface area contributed by atoms with Crippen LogP contribution in [-0.4, -0.2) is 50.3 Å². The van der Waals surface area contributed by atoms with Crippen LogP contribution in [0.25, 0.3) is 0 Å². The minimum absolute atomic E-state index is 0. The average Bonchev–Trinajstić information content (AvgIpc) is 2.12. The summed E-state index contributed by atoms with van der Waals surface area (Å²) < 4.78 is 5.17. The Balaban J connectivity index is 0.000000720. The lowest BCUT2D eigenvalue weighted by atomic mass is 10.2. The van der Waals surface area contributed by atoms with Crippen molar-refractivity contribution >= 4 is 24.8 Å². The smallest absolute Gasteiger partial charge is 0.0645 e. The Kier molecular flexibility index (Phi) is 7.09. The quantitative estimate of drug-likeness (QED) is 0.709. The molecular formula is C8H18Cl2N2O. The molecule has 2 aliphatic heterocycles. The Morgan fingerprint density at radius 2 is 1.85 bits per heavy atom. The Labute approximate surface area is 92.0 Å². The van der Waals surface area contributed by atoms with Gasteiger partial charge in [-0.15, -0.1) is 24.8 Å². The number of halogens is 2. The van der Waals surface area contributed by atoms with Gasteiger partial charge in [0, 0.05) is 13.1 Å². The van der Waals surface area contributed by atoms with Crippen molar-refractivity contribution in [1.82, 2.24) is 10.2 Å². The van der Waals surface area contributed by atoms with E-state index in [1.54, 1.807) is 0 Å². The van der Waals surface area contributed by atoms with Crippen molar-refractivity contribution in [1.29, 1.82) is 0 Å². The Hall–Kier alpha value is 0.460. The van der Waals surface area contributed by atoms with Crippen molar-refractivity contribution in [3.8, 4) is 0 Å². The SMILES string of the molecule is C1CNCCN(C2COC2)C1.Cl.Cl. The van der Waals surface area contributed by atoms with Gasteiger partial charge in [0.25, 0.3) is 0 Å². The molecule has 2 aliphatic rings. The maximum Gasteiger partial charge on any atom is 0.0645 e. The van der Waals surface area contributed by atoms with Gasteiger partial charge in [0.2, 0.25) is 0 Å². The average molecular weight is 229 g/mol. The molecule has 0 bridgehead atoms. The van der Waals surface area contributed by atoms with Crippen molar-refractivity contribution in [2.75, 3.05) is 39.4 Å². The zero-order valence-electron chi connectivity index (χ0n) is 7.70. The minimum Gasteiger partial charge on any atom is -0.378 e. The van der Waals surface area contributed by atoms with Gasteiger partial charge in [-0.1, -0.05) is 0 Å². The van der Waals surface area contributed by atoms with Crippen LogP contribution < -0.4 is 5.32 Å². The van der Waals surface area contributed by atoms with Crippen molar-refractivity contribution in [2.24, 2.45) is 0 Å². The molecule has 0 radical (unpaired) electrons. The summed E-state index contributed by atoms with van der Waals surface area (Å²) in [5.74, 6) is 0. The molecule has 3 nitrogen and oxygen atoms in total. The second-order valence-corrected chi connectivity index (χ2v) is 3.33. The zero-order valence-corrected chi connectivity index (χ0v) is 9.33. The van der Waals surface area contributed by atoms with Crippen LogP contribution in [0.2, 0.25) is 0 Å². The molecule has 0 aromatic carbocycles. The van der Waals surface area contributed by atoms with Crippen LogP contribution in [0.4, 0.5) is 0 Å². The van der Waals surface area contributed by atoms with Gasteiger partial charge in [-0.3, -0.25) is 4.90 Å². The number of nitrogens with zero attached hydrogens (tertiary/aromatic N) is 1. The van der Waals surface area contributed by atoms with Gasteiger partial charge in [-0.2, -0.15) is 0 Å². The van der Waals surface area contributed by atoms with E-state index in [4.69, 9.17) is 4.74 Å². The summed E-state index contributed by atoms with van der Waals surface area (Å²) in [5.41, 5.74) is 0. The molecule has 0 atom stereocenters. The van der Waals surface area contributed by atoms with Crippen LogP contribution in [0.5, 0.6) is 0 Å². The highest BCUT2D eigenvalue weighted by atomic mass is 35.5. The molecule has 2 heterocycles. The normalized spacial score (nSPS) is 24.9. The van der Waals surface area contributed by atoms with Gasteiger partial charge in [0.1, 0.15) is 0 Å². The molecule has 2 fully saturated rings. The van der Waals surface area contributed by atoms with Gasteiger partial charge in [0.15, 0.2) is 0 Å². The van der Waals surface area contributed by atoms with Crippen LogP contribution in [-0.2, 0) is 4.74 Å². The van der Waals surface area contributed by atoms with Gasteiger partial charge >= 0.3 is 0 Å². The Morgan fingerprint density at radius 3 is 2.46 bits per heavy atom. The first kappa shape index (κ1) is 13.5. The summed E-state index contributed by atoms with van der Waals surface area (Å²) in [6.45, 7) is 6.70. The first-order valence-corrected chi connectivity index (χ1v) is 4.49. The number of nitrogens with one attached hydrogen (secondary N) is 1. The summed E-state index contributed by atoms with van der Waals surface area (Å²) in [6, 6.07) is 0.731. The predicted octanol–water partition coefficient (Wildman–Crippen LogP) is 0.524. The summed E-state index contributed by atoms with van der Waals surface area (Å²) in [5, 5.41) is 3.40. The molecule has 0 unspecified atom stereocenters. The monoisotopic (exact) mass is 228 g/mol. The lowest BCUT2D eigenvalue weighted by Gasteiger charge is -2.36. The molecule has 0 aliphatic carbocycles. The Bertz CT molecular complexity index is 125. The largest absolute Gasteiger partial charge is 0.378 e. The van der Waals surface area contributed by atoms with Crippen molar-refractivity contribution in [2.45, 2.75) is 12.5 Å². The van der Waals surface area contributed by atoms with E-state index < -0.39 is 0 Å². The van der Waals surface area contributed by atoms with Gasteiger partial charge in [0.05, 0.1) is 19.3 Å². The fourth-order valence-corrected chi connectivity index (χ4v) is 1.67. The second kappa shape index (κ2) is 6.85. The Morgan fingerprint density at radius 1 is 1.08 bits per heavy atom. The highest BCUT2D eigenvalue weighted by Gasteiger charge is 2.25. The molecule has 80 valence electrons. The van der Waals surface area contributed by atoms with Crippen LogP contribution in [0, 0.1) is 0 Å². The molecule has 0 aromatic rings. The summed E-state index contributed by atoms with van der Waals surface area (Å²) >= 11 is 0. The number of hydrogen-bond donors (Lipinski definition) is 1. The van der Waals surface area contributed by atoms with E-state index in [0.717, 1.165) is 25.8 Å². The second-order valence-electron chi connectivity index (χ2n) is 3.33. The fraction of sp³-hybridized carbons (Fsp3) is 1.00. The molecule has 0 aromatic heterocycles. The molecule has 0 amide bonds. The topological polar surface area (TPSA) is 24.5 Å². The van der Waals surface area contributed by atoms with Crippen molar-refractivity contribution < 1.29 is 4.74 Å². The first-order chi connectivity index (χ1) is 5.47. The zero-order chi connectivity index (χ0) is 7.52. The first-order valence-electron chi connectivity index (χ1n) is 4.49. The number of rotatable bonds is 1. The number of ether oxygens (including phenoxy) is 1. The third-order valence-corrected chi connectivity index (χ3v) is 2.51. The van der Waals surface area contributed by atoms with E-state index in [1.807, 2.05) is 0 Å². The summed E-state index contributed by atoms with van der Waals surface area (Å²) in [7, 11) is 0. The maximum atomic E-state index is 5.17. The number of hydrogen-bond acceptors (Lipinski definition) is 3. The van der Waals surface area contributed by atoms with E-state index in [-0.39, 0.29) is 24.8 Å². The summed E-state index contributed by atoms with van der Waals surface area (Å²) in [4.78, 5) is 2.55. The molecule has 0 spiro atoms. The highest BCUT2D eigenvalue weighted by Crippen LogP contribution is 2.10. The van der Waals surface area contributed by atoms with E-state index in [2.05, 4.69) is 10.2 Å². The van der Waals surface area contributed by atoms with Gasteiger partial charge in [-0.25, -0.2) is 0 Å². The van der Waals surface area contributed by atoms with Crippen LogP contribution in [0.1, 0.15) is 6.42 Å². The molecule has 1 N–H and O–H groups in total. The van der Waals surface area contributed by atoms with E-state index in [1.165, 1.54) is 26.1 Å². The van der Waals surface area contributed by atoms with Crippen LogP contribution in [0.3, 0.4) is 0 Å². The van der Waals surface area contributed by atoms with Gasteiger partial charge in [-0.05, 0) is 19.5 Å². The van der Waals surface area contributed by atoms with Crippen LogP contribution in [0.15, 0.2) is 0 Å². The van der Waals surface area contributed by atoms with E-state index in [0.29, 0.717) is 0 Å². The van der Waals surface area contributed by atoms with Crippen molar-refractivity contribution in [3.63, 3.8) is 0 Å². The fourth-order valence-electron chi connectivity index (χ4n) is 1.67. The standard InChI is InChI=1S/C8H16N2O.2ClH/c1-2-9-3-5-10(4-1)8-6-11-7-8;;/h8-9H,1-7H2;2*1H. The molecule has 0 saturated carbocycles. The van der Waals surface area contributed by atoms with Crippen LogP contribution >= 0.6 is 24.8 Å². The summed E-state index contributed by atoms with van der Waals surface area (Å²) in [6.07, 6.45) is 1.29. The molecule has 5 heteroatoms. The third-order valence-electron chi connectivity index (χ3n) is 2.51. The van der Waals surface area contributed by atoms with E-state index in [9.17, 15) is 0 Å². The maximum absolute atomic E-state index is 5.17. The molecule has 13 heavy (non-hydrogen) atoms. The molecule has 2 rings (SSSR count). The lowest BCUT2D eigenvalue weighted by Crippen LogP contribution is -2.50. The van der Waals surface area contributed by atoms with E-state index >= 15 is 0 Å². The molecular weight excluding hydrogens is 211 g/mol. The van der Waals surface area contributed by atoms with Crippen molar-refractivity contribution in [3.05, 3.63) is 0 Å². The molecule has 2 saturated heterocycles. The lowest BCUT2D eigenvalue weighted by molar-refractivity contribution is -0.0626. The van der Waals surface area contributed by atoms with Gasteiger partial charge < -0.3 is 10.1 Å².